The quantitative estimate of drug-likeness (QED) is 0.606. The van der Waals surface area contributed by atoms with E-state index in [1.54, 1.807) is 6.07 Å². The smallest absolute Gasteiger partial charge is 0.123 e. The van der Waals surface area contributed by atoms with Gasteiger partial charge in [-0.2, -0.15) is 0 Å². The van der Waals surface area contributed by atoms with Crippen LogP contribution in [0.3, 0.4) is 0 Å². The molecule has 0 unspecified atom stereocenters. The number of hydrogen-bond donors (Lipinski definition) is 0. The summed E-state index contributed by atoms with van der Waals surface area (Å²) in [5.74, 6) is 0.375. The van der Waals surface area contributed by atoms with E-state index in [1.165, 1.54) is 12.1 Å². The average molecular weight is 346 g/mol. The summed E-state index contributed by atoms with van der Waals surface area (Å²) in [5, 5.41) is 0.532. The molecule has 0 N–H and O–H groups in total. The number of alkyl halides is 2. The first-order valence-corrected chi connectivity index (χ1v) is 8.09. The van der Waals surface area contributed by atoms with Gasteiger partial charge in [-0.3, -0.25) is 0 Å². The molecule has 0 aliphatic rings. The summed E-state index contributed by atoms with van der Waals surface area (Å²) in [6, 6.07) is 12.3. The minimum atomic E-state index is -0.466. The lowest BCUT2D eigenvalue weighted by atomic mass is 9.77. The summed E-state index contributed by atoms with van der Waals surface area (Å²) in [6.07, 6.45) is 0.501. The van der Waals surface area contributed by atoms with Crippen LogP contribution in [-0.2, 0) is 11.8 Å². The van der Waals surface area contributed by atoms with E-state index in [2.05, 4.69) is 0 Å². The van der Waals surface area contributed by atoms with Crippen LogP contribution in [0.1, 0.15) is 16.7 Å². The van der Waals surface area contributed by atoms with E-state index in [0.29, 0.717) is 23.2 Å². The van der Waals surface area contributed by atoms with Gasteiger partial charge in [-0.15, -0.1) is 23.2 Å². The van der Waals surface area contributed by atoms with Crippen LogP contribution in [0, 0.1) is 12.7 Å². The molecule has 2 aromatic rings. The highest BCUT2D eigenvalue weighted by molar-refractivity contribution is 6.31. The fraction of sp³-hybridized carbons (Fsp3) is 0.294. The Morgan fingerprint density at radius 2 is 1.71 bits per heavy atom. The average Bonchev–Trinajstić information content (AvgIpc) is 2.49. The van der Waals surface area contributed by atoms with E-state index in [1.807, 2.05) is 31.2 Å². The van der Waals surface area contributed by atoms with Crippen LogP contribution in [0.4, 0.5) is 4.39 Å². The Bertz CT molecular complexity index is 621. The van der Waals surface area contributed by atoms with Crippen molar-refractivity contribution in [2.75, 3.05) is 11.8 Å². The fourth-order valence-electron chi connectivity index (χ4n) is 2.58. The lowest BCUT2D eigenvalue weighted by Crippen LogP contribution is -2.34. The van der Waals surface area contributed by atoms with E-state index in [0.717, 1.165) is 16.7 Å². The first-order valence-electron chi connectivity index (χ1n) is 6.64. The number of benzene rings is 2. The third-order valence-corrected chi connectivity index (χ3v) is 5.16. The molecule has 0 nitrogen and oxygen atoms in total. The molecule has 0 aliphatic heterocycles. The second-order valence-electron chi connectivity index (χ2n) is 5.28. The molecular weight excluding hydrogens is 330 g/mol. The van der Waals surface area contributed by atoms with E-state index >= 15 is 0 Å². The molecule has 0 aromatic heterocycles. The number of halogens is 4. The van der Waals surface area contributed by atoms with Crippen LogP contribution in [0.15, 0.2) is 42.5 Å². The summed E-state index contributed by atoms with van der Waals surface area (Å²) in [7, 11) is 0. The first-order chi connectivity index (χ1) is 10.0. The van der Waals surface area contributed by atoms with Gasteiger partial charge in [-0.1, -0.05) is 35.9 Å². The molecule has 0 aliphatic carbocycles. The third-order valence-electron chi connectivity index (χ3n) is 3.76. The summed E-state index contributed by atoms with van der Waals surface area (Å²) < 4.78 is 13.5. The van der Waals surface area contributed by atoms with E-state index < -0.39 is 5.41 Å². The van der Waals surface area contributed by atoms with Crippen molar-refractivity contribution >= 4 is 34.8 Å². The van der Waals surface area contributed by atoms with E-state index in [4.69, 9.17) is 34.8 Å². The van der Waals surface area contributed by atoms with Gasteiger partial charge in [-0.25, -0.2) is 4.39 Å². The van der Waals surface area contributed by atoms with Gasteiger partial charge in [0.25, 0.3) is 0 Å². The van der Waals surface area contributed by atoms with Crippen LogP contribution >= 0.6 is 34.8 Å². The number of rotatable bonds is 5. The number of hydrogen-bond acceptors (Lipinski definition) is 0. The third kappa shape index (κ3) is 3.53. The SMILES string of the molecule is Cc1ccccc1C(CCl)(CCl)Cc1cc(F)ccc1Cl. The normalized spacial score (nSPS) is 11.7. The predicted molar refractivity (Wildman–Crippen MR) is 89.4 cm³/mol. The van der Waals surface area contributed by atoms with Crippen molar-refractivity contribution in [2.45, 2.75) is 18.8 Å². The van der Waals surface area contributed by atoms with Crippen LogP contribution in [0.5, 0.6) is 0 Å². The molecule has 0 spiro atoms. The zero-order valence-corrected chi connectivity index (χ0v) is 13.9. The molecule has 0 amide bonds. The van der Waals surface area contributed by atoms with Gasteiger partial charge >= 0.3 is 0 Å². The molecule has 2 aromatic carbocycles. The van der Waals surface area contributed by atoms with Crippen molar-refractivity contribution in [2.24, 2.45) is 0 Å². The van der Waals surface area contributed by atoms with Crippen LogP contribution in [0.25, 0.3) is 0 Å². The van der Waals surface area contributed by atoms with Gasteiger partial charge in [0.15, 0.2) is 0 Å². The van der Waals surface area contributed by atoms with Crippen LogP contribution < -0.4 is 0 Å². The molecule has 4 heteroatoms. The van der Waals surface area contributed by atoms with Gasteiger partial charge in [0.05, 0.1) is 0 Å². The first kappa shape index (κ1) is 16.6. The minimum Gasteiger partial charge on any atom is -0.207 e. The van der Waals surface area contributed by atoms with Gasteiger partial charge in [-0.05, 0) is 48.2 Å². The molecule has 21 heavy (non-hydrogen) atoms. The van der Waals surface area contributed by atoms with Crippen LogP contribution in [0.2, 0.25) is 5.02 Å². The van der Waals surface area contributed by atoms with E-state index in [-0.39, 0.29) is 5.82 Å². The minimum absolute atomic E-state index is 0.308. The monoisotopic (exact) mass is 344 g/mol. The van der Waals surface area contributed by atoms with Crippen molar-refractivity contribution in [3.05, 3.63) is 70.0 Å². The molecule has 0 bridgehead atoms. The highest BCUT2D eigenvalue weighted by atomic mass is 35.5. The van der Waals surface area contributed by atoms with Crippen molar-refractivity contribution < 1.29 is 4.39 Å². The maximum Gasteiger partial charge on any atom is 0.123 e. The van der Waals surface area contributed by atoms with Crippen molar-refractivity contribution in [3.8, 4) is 0 Å². The second kappa shape index (κ2) is 7.00. The molecule has 2 rings (SSSR count). The Balaban J connectivity index is 2.48. The second-order valence-corrected chi connectivity index (χ2v) is 6.22. The number of aryl methyl sites for hydroxylation is 1. The van der Waals surface area contributed by atoms with Gasteiger partial charge < -0.3 is 0 Å². The summed E-state index contributed by atoms with van der Waals surface area (Å²) in [4.78, 5) is 0. The van der Waals surface area contributed by atoms with Crippen molar-refractivity contribution in [1.29, 1.82) is 0 Å². The molecule has 112 valence electrons. The topological polar surface area (TPSA) is 0 Å². The molecule has 0 radical (unpaired) electrons. The van der Waals surface area contributed by atoms with Gasteiger partial charge in [0, 0.05) is 22.2 Å². The summed E-state index contributed by atoms with van der Waals surface area (Å²) in [5.41, 5.74) is 2.45. The maximum absolute atomic E-state index is 13.5. The molecule has 0 fully saturated rings. The Kier molecular flexibility index (Phi) is 5.54. The predicted octanol–water partition coefficient (Wildman–Crippen LogP) is 5.75. The Hall–Kier alpha value is -0.760. The molecular formula is C17H16Cl3F. The molecule has 0 saturated carbocycles. The largest absolute Gasteiger partial charge is 0.207 e. The zero-order valence-electron chi connectivity index (χ0n) is 11.7. The standard InChI is InChI=1S/C17H16Cl3F/c1-12-4-2-3-5-15(12)17(10-18,11-19)9-13-8-14(21)6-7-16(13)20/h2-8H,9-11H2,1H3. The van der Waals surface area contributed by atoms with Gasteiger partial charge in [0.2, 0.25) is 0 Å². The summed E-state index contributed by atoms with van der Waals surface area (Å²) >= 11 is 18.7. The molecule has 0 heterocycles. The summed E-state index contributed by atoms with van der Waals surface area (Å²) in [6.45, 7) is 2.02. The lowest BCUT2D eigenvalue weighted by Gasteiger charge is -2.32. The highest BCUT2D eigenvalue weighted by Gasteiger charge is 2.33. The van der Waals surface area contributed by atoms with Crippen LogP contribution in [-0.4, -0.2) is 11.8 Å². The maximum atomic E-state index is 13.5. The Morgan fingerprint density at radius 3 is 2.33 bits per heavy atom. The van der Waals surface area contributed by atoms with Gasteiger partial charge in [0.1, 0.15) is 5.82 Å². The van der Waals surface area contributed by atoms with E-state index in [9.17, 15) is 4.39 Å². The Morgan fingerprint density at radius 1 is 1.05 bits per heavy atom. The highest BCUT2D eigenvalue weighted by Crippen LogP contribution is 2.35. The van der Waals surface area contributed by atoms with Crippen molar-refractivity contribution in [1.82, 2.24) is 0 Å². The van der Waals surface area contributed by atoms with Crippen molar-refractivity contribution in [3.63, 3.8) is 0 Å². The molecule has 0 atom stereocenters. The molecule has 0 saturated heterocycles. The fourth-order valence-corrected chi connectivity index (χ4v) is 3.53. The Labute approximate surface area is 139 Å². The lowest BCUT2D eigenvalue weighted by molar-refractivity contribution is 0.530. The zero-order chi connectivity index (χ0) is 15.5.